The Morgan fingerprint density at radius 1 is 1.14 bits per heavy atom. The van der Waals surface area contributed by atoms with Crippen molar-refractivity contribution in [3.05, 3.63) is 53.7 Å². The molecule has 1 aromatic heterocycles. The first-order valence-electron chi connectivity index (χ1n) is 7.42. The Kier molecular flexibility index (Phi) is 5.09. The quantitative estimate of drug-likeness (QED) is 0.832. The first kappa shape index (κ1) is 15.2. The summed E-state index contributed by atoms with van der Waals surface area (Å²) in [6.07, 6.45) is 2.11. The Morgan fingerprint density at radius 2 is 1.86 bits per heavy atom. The minimum atomic E-state index is 0.0491. The summed E-state index contributed by atoms with van der Waals surface area (Å²) in [5.74, 6) is 0.0491. The van der Waals surface area contributed by atoms with E-state index in [0.717, 1.165) is 36.3 Å². The molecule has 0 aliphatic rings. The minimum absolute atomic E-state index is 0.0491. The van der Waals surface area contributed by atoms with Crippen LogP contribution in [0.15, 0.2) is 42.5 Å². The molecule has 0 radical (unpaired) electrons. The highest BCUT2D eigenvalue weighted by Crippen LogP contribution is 2.19. The number of benzene rings is 1. The standard InChI is InChI=1S/C18H22N2O/c1-4-5-13-20(3)18(21)16-11-12-17(19-14(16)2)15-9-7-6-8-10-15/h6-12H,4-5,13H2,1-3H3. The zero-order chi connectivity index (χ0) is 15.2. The summed E-state index contributed by atoms with van der Waals surface area (Å²) in [5.41, 5.74) is 3.44. The van der Waals surface area contributed by atoms with Gasteiger partial charge in [-0.25, -0.2) is 0 Å². The molecule has 0 bridgehead atoms. The van der Waals surface area contributed by atoms with E-state index in [1.807, 2.05) is 56.4 Å². The third kappa shape index (κ3) is 3.69. The summed E-state index contributed by atoms with van der Waals surface area (Å²) in [4.78, 5) is 18.8. The van der Waals surface area contributed by atoms with E-state index in [2.05, 4.69) is 11.9 Å². The van der Waals surface area contributed by atoms with Gasteiger partial charge in [0, 0.05) is 19.2 Å². The van der Waals surface area contributed by atoms with Gasteiger partial charge in [0.25, 0.3) is 5.91 Å². The Hall–Kier alpha value is -2.16. The van der Waals surface area contributed by atoms with Crippen LogP contribution in [0.2, 0.25) is 0 Å². The first-order valence-corrected chi connectivity index (χ1v) is 7.42. The smallest absolute Gasteiger partial charge is 0.255 e. The Morgan fingerprint density at radius 3 is 2.48 bits per heavy atom. The highest BCUT2D eigenvalue weighted by Gasteiger charge is 2.15. The Balaban J connectivity index is 2.22. The van der Waals surface area contributed by atoms with Gasteiger partial charge in [0.05, 0.1) is 17.0 Å². The number of pyridine rings is 1. The van der Waals surface area contributed by atoms with E-state index < -0.39 is 0 Å². The molecule has 0 aliphatic carbocycles. The average molecular weight is 282 g/mol. The molecule has 1 heterocycles. The number of carbonyl (C=O) groups is 1. The fourth-order valence-electron chi connectivity index (χ4n) is 2.26. The van der Waals surface area contributed by atoms with Crippen LogP contribution < -0.4 is 0 Å². The van der Waals surface area contributed by atoms with Gasteiger partial charge in [0.2, 0.25) is 0 Å². The molecule has 110 valence electrons. The predicted octanol–water partition coefficient (Wildman–Crippen LogP) is 3.93. The SMILES string of the molecule is CCCCN(C)C(=O)c1ccc(-c2ccccc2)nc1C. The van der Waals surface area contributed by atoms with Gasteiger partial charge < -0.3 is 4.90 Å². The van der Waals surface area contributed by atoms with Crippen molar-refractivity contribution in [3.8, 4) is 11.3 Å². The maximum Gasteiger partial charge on any atom is 0.255 e. The first-order chi connectivity index (χ1) is 10.1. The zero-order valence-electron chi connectivity index (χ0n) is 13.0. The topological polar surface area (TPSA) is 33.2 Å². The zero-order valence-corrected chi connectivity index (χ0v) is 13.0. The lowest BCUT2D eigenvalue weighted by molar-refractivity contribution is 0.0792. The predicted molar refractivity (Wildman–Crippen MR) is 86.3 cm³/mol. The monoisotopic (exact) mass is 282 g/mol. The molecule has 0 atom stereocenters. The number of carbonyl (C=O) groups excluding carboxylic acids is 1. The normalized spacial score (nSPS) is 10.4. The van der Waals surface area contributed by atoms with Crippen LogP contribution in [0.5, 0.6) is 0 Å². The molecule has 3 heteroatoms. The van der Waals surface area contributed by atoms with E-state index in [4.69, 9.17) is 0 Å². The summed E-state index contributed by atoms with van der Waals surface area (Å²) in [7, 11) is 1.85. The lowest BCUT2D eigenvalue weighted by atomic mass is 10.1. The van der Waals surface area contributed by atoms with Crippen LogP contribution in [0, 0.1) is 6.92 Å². The van der Waals surface area contributed by atoms with Gasteiger partial charge in [-0.05, 0) is 25.5 Å². The van der Waals surface area contributed by atoms with Gasteiger partial charge in [-0.15, -0.1) is 0 Å². The van der Waals surface area contributed by atoms with Crippen LogP contribution >= 0.6 is 0 Å². The molecule has 2 rings (SSSR count). The van der Waals surface area contributed by atoms with E-state index >= 15 is 0 Å². The number of hydrogen-bond donors (Lipinski definition) is 0. The van der Waals surface area contributed by atoms with Crippen LogP contribution in [0.25, 0.3) is 11.3 Å². The summed E-state index contributed by atoms with van der Waals surface area (Å²) in [5, 5.41) is 0. The van der Waals surface area contributed by atoms with Crippen LogP contribution in [0.1, 0.15) is 35.8 Å². The van der Waals surface area contributed by atoms with Crippen molar-refractivity contribution in [1.29, 1.82) is 0 Å². The molecule has 0 saturated carbocycles. The van der Waals surface area contributed by atoms with Crippen LogP contribution in [-0.2, 0) is 0 Å². The van der Waals surface area contributed by atoms with Crippen LogP contribution in [0.4, 0.5) is 0 Å². The van der Waals surface area contributed by atoms with Gasteiger partial charge in [0.1, 0.15) is 0 Å². The van der Waals surface area contributed by atoms with Crippen molar-refractivity contribution >= 4 is 5.91 Å². The van der Waals surface area contributed by atoms with E-state index in [1.54, 1.807) is 4.90 Å². The third-order valence-corrected chi connectivity index (χ3v) is 3.58. The molecular weight excluding hydrogens is 260 g/mol. The number of aryl methyl sites for hydroxylation is 1. The minimum Gasteiger partial charge on any atom is -0.342 e. The van der Waals surface area contributed by atoms with Crippen molar-refractivity contribution in [2.45, 2.75) is 26.7 Å². The number of aromatic nitrogens is 1. The molecule has 0 saturated heterocycles. The number of nitrogens with zero attached hydrogens (tertiary/aromatic N) is 2. The number of amides is 1. The molecule has 21 heavy (non-hydrogen) atoms. The van der Waals surface area contributed by atoms with Crippen LogP contribution in [0.3, 0.4) is 0 Å². The second kappa shape index (κ2) is 7.02. The Labute approximate surface area is 126 Å². The maximum absolute atomic E-state index is 12.4. The van der Waals surface area contributed by atoms with Crippen LogP contribution in [-0.4, -0.2) is 29.4 Å². The van der Waals surface area contributed by atoms with E-state index in [0.29, 0.717) is 5.56 Å². The molecule has 0 spiro atoms. The molecule has 0 unspecified atom stereocenters. The van der Waals surface area contributed by atoms with Crippen molar-refractivity contribution < 1.29 is 4.79 Å². The molecule has 1 aromatic carbocycles. The molecule has 0 N–H and O–H groups in total. The fourth-order valence-corrected chi connectivity index (χ4v) is 2.26. The number of rotatable bonds is 5. The highest BCUT2D eigenvalue weighted by molar-refractivity contribution is 5.95. The van der Waals surface area contributed by atoms with Gasteiger partial charge >= 0.3 is 0 Å². The number of unbranched alkanes of at least 4 members (excludes halogenated alkanes) is 1. The lowest BCUT2D eigenvalue weighted by Gasteiger charge is -2.18. The second-order valence-electron chi connectivity index (χ2n) is 5.28. The molecular formula is C18H22N2O. The van der Waals surface area contributed by atoms with Crippen molar-refractivity contribution in [2.75, 3.05) is 13.6 Å². The summed E-state index contributed by atoms with van der Waals surface area (Å²) < 4.78 is 0. The third-order valence-electron chi connectivity index (χ3n) is 3.58. The summed E-state index contributed by atoms with van der Waals surface area (Å²) >= 11 is 0. The maximum atomic E-state index is 12.4. The number of hydrogen-bond acceptors (Lipinski definition) is 2. The van der Waals surface area contributed by atoms with E-state index in [9.17, 15) is 4.79 Å². The van der Waals surface area contributed by atoms with Gasteiger partial charge in [-0.2, -0.15) is 0 Å². The molecule has 2 aromatic rings. The highest BCUT2D eigenvalue weighted by atomic mass is 16.2. The van der Waals surface area contributed by atoms with Gasteiger partial charge in [-0.3, -0.25) is 9.78 Å². The van der Waals surface area contributed by atoms with E-state index in [-0.39, 0.29) is 5.91 Å². The average Bonchev–Trinajstić information content (AvgIpc) is 2.52. The summed E-state index contributed by atoms with van der Waals surface area (Å²) in [6.45, 7) is 4.81. The molecule has 0 aliphatic heterocycles. The van der Waals surface area contributed by atoms with Crippen molar-refractivity contribution in [2.24, 2.45) is 0 Å². The molecule has 0 fully saturated rings. The summed E-state index contributed by atoms with van der Waals surface area (Å²) in [6, 6.07) is 13.8. The largest absolute Gasteiger partial charge is 0.342 e. The van der Waals surface area contributed by atoms with Crippen molar-refractivity contribution in [1.82, 2.24) is 9.88 Å². The van der Waals surface area contributed by atoms with Gasteiger partial charge in [-0.1, -0.05) is 43.7 Å². The molecule has 3 nitrogen and oxygen atoms in total. The van der Waals surface area contributed by atoms with Gasteiger partial charge in [0.15, 0.2) is 0 Å². The van der Waals surface area contributed by atoms with E-state index in [1.165, 1.54) is 0 Å². The van der Waals surface area contributed by atoms with Crippen molar-refractivity contribution in [3.63, 3.8) is 0 Å². The fraction of sp³-hybridized carbons (Fsp3) is 0.333. The second-order valence-corrected chi connectivity index (χ2v) is 5.28. The molecule has 1 amide bonds. The lowest BCUT2D eigenvalue weighted by Crippen LogP contribution is -2.28. The Bertz CT molecular complexity index is 608.